The number of carbonyl (C=O) groups excluding carboxylic acids is 2. The van der Waals surface area contributed by atoms with Crippen LogP contribution >= 0.6 is 0 Å². The zero-order valence-electron chi connectivity index (χ0n) is 16.2. The first-order valence-corrected chi connectivity index (χ1v) is 9.39. The molecule has 142 valence electrons. The minimum Gasteiger partial charge on any atom is -0.462 e. The van der Waals surface area contributed by atoms with Gasteiger partial charge in [-0.1, -0.05) is 24.3 Å². The van der Waals surface area contributed by atoms with Crippen LogP contribution in [0.2, 0.25) is 0 Å². The molecule has 0 N–H and O–H groups in total. The molecular weight excluding hydrogens is 340 g/mol. The summed E-state index contributed by atoms with van der Waals surface area (Å²) in [5, 5.41) is 0. The first kappa shape index (κ1) is 20.5. The van der Waals surface area contributed by atoms with Gasteiger partial charge in [0, 0.05) is 12.0 Å². The summed E-state index contributed by atoms with van der Waals surface area (Å²) in [4.78, 5) is 23.3. The van der Waals surface area contributed by atoms with Crippen LogP contribution in [0.15, 0.2) is 47.6 Å². The Hall–Kier alpha value is -2.80. The Labute approximate surface area is 161 Å². The molecule has 4 nitrogen and oxygen atoms in total. The molecule has 0 bridgehead atoms. The molecule has 1 aliphatic rings. The normalized spacial score (nSPS) is 16.6. The fourth-order valence-electron chi connectivity index (χ4n) is 2.90. The van der Waals surface area contributed by atoms with Crippen molar-refractivity contribution in [3.8, 4) is 11.8 Å². The van der Waals surface area contributed by atoms with Crippen molar-refractivity contribution in [1.29, 1.82) is 0 Å². The molecule has 1 unspecified atom stereocenters. The van der Waals surface area contributed by atoms with Crippen LogP contribution in [0.4, 0.5) is 0 Å². The van der Waals surface area contributed by atoms with Gasteiger partial charge in [-0.25, -0.2) is 4.79 Å². The quantitative estimate of drug-likeness (QED) is 0.565. The third-order valence-electron chi connectivity index (χ3n) is 4.38. The first-order valence-electron chi connectivity index (χ1n) is 9.39. The monoisotopic (exact) mass is 366 g/mol. The zero-order chi connectivity index (χ0) is 19.6. The topological polar surface area (TPSA) is 52.6 Å². The zero-order valence-corrected chi connectivity index (χ0v) is 16.2. The highest BCUT2D eigenvalue weighted by atomic mass is 16.5. The molecular formula is C23H26O4. The average molecular weight is 366 g/mol. The Bertz CT molecular complexity index is 788. The maximum Gasteiger partial charge on any atom is 0.338 e. The van der Waals surface area contributed by atoms with Crippen molar-refractivity contribution in [2.75, 3.05) is 6.61 Å². The van der Waals surface area contributed by atoms with E-state index in [2.05, 4.69) is 18.8 Å². The predicted molar refractivity (Wildman–Crippen MR) is 105 cm³/mol. The molecule has 0 radical (unpaired) electrons. The highest BCUT2D eigenvalue weighted by Gasteiger charge is 2.22. The number of ether oxygens (including phenoxy) is 2. The van der Waals surface area contributed by atoms with Crippen molar-refractivity contribution in [3.05, 3.63) is 58.7 Å². The summed E-state index contributed by atoms with van der Waals surface area (Å²) < 4.78 is 10.5. The number of allylic oxidation sites excluding steroid dienone is 2. The SMILES string of the molecule is CCOC(=O)c1ccc(C#C/C=C/C2=C(C)CCCC2OC(=O)CC)cc1. The van der Waals surface area contributed by atoms with Gasteiger partial charge in [0.2, 0.25) is 0 Å². The average Bonchev–Trinajstić information content (AvgIpc) is 2.67. The summed E-state index contributed by atoms with van der Waals surface area (Å²) in [5.41, 5.74) is 3.62. The van der Waals surface area contributed by atoms with Crippen LogP contribution in [0.25, 0.3) is 0 Å². The van der Waals surface area contributed by atoms with Crippen molar-refractivity contribution in [1.82, 2.24) is 0 Å². The number of esters is 2. The Morgan fingerprint density at radius 3 is 2.63 bits per heavy atom. The number of carbonyl (C=O) groups is 2. The van der Waals surface area contributed by atoms with Crippen molar-refractivity contribution < 1.29 is 19.1 Å². The van der Waals surface area contributed by atoms with E-state index in [0.717, 1.165) is 30.4 Å². The molecule has 27 heavy (non-hydrogen) atoms. The minimum atomic E-state index is -0.329. The molecule has 0 aliphatic heterocycles. The minimum absolute atomic E-state index is 0.173. The molecule has 0 amide bonds. The second-order valence-corrected chi connectivity index (χ2v) is 6.36. The summed E-state index contributed by atoms with van der Waals surface area (Å²) in [7, 11) is 0. The van der Waals surface area contributed by atoms with Gasteiger partial charge < -0.3 is 9.47 Å². The molecule has 0 heterocycles. The lowest BCUT2D eigenvalue weighted by atomic mass is 9.90. The fraction of sp³-hybridized carbons (Fsp3) is 0.391. The van der Waals surface area contributed by atoms with Gasteiger partial charge in [-0.2, -0.15) is 0 Å². The first-order chi connectivity index (χ1) is 13.0. The number of benzene rings is 1. The summed E-state index contributed by atoms with van der Waals surface area (Å²) in [6.45, 7) is 6.01. The molecule has 1 aliphatic carbocycles. The van der Waals surface area contributed by atoms with Gasteiger partial charge in [0.1, 0.15) is 6.10 Å². The van der Waals surface area contributed by atoms with E-state index in [4.69, 9.17) is 9.47 Å². The summed E-state index contributed by atoms with van der Waals surface area (Å²) in [6.07, 6.45) is 6.84. The van der Waals surface area contributed by atoms with E-state index in [1.54, 1.807) is 44.2 Å². The summed E-state index contributed by atoms with van der Waals surface area (Å²) >= 11 is 0. The Morgan fingerprint density at radius 1 is 1.22 bits per heavy atom. The molecule has 0 fully saturated rings. The van der Waals surface area contributed by atoms with Gasteiger partial charge in [-0.05, 0) is 75.1 Å². The number of hydrogen-bond donors (Lipinski definition) is 0. The highest BCUT2D eigenvalue weighted by molar-refractivity contribution is 5.89. The third kappa shape index (κ3) is 6.14. The molecule has 0 saturated heterocycles. The second kappa shape index (κ2) is 10.4. The Balaban J connectivity index is 2.05. The molecule has 1 atom stereocenters. The molecule has 4 heteroatoms. The van der Waals surface area contributed by atoms with Crippen LogP contribution in [-0.2, 0) is 14.3 Å². The van der Waals surface area contributed by atoms with E-state index in [1.165, 1.54) is 5.57 Å². The number of rotatable bonds is 5. The van der Waals surface area contributed by atoms with Crippen molar-refractivity contribution in [2.24, 2.45) is 0 Å². The van der Waals surface area contributed by atoms with E-state index in [0.29, 0.717) is 18.6 Å². The Kier molecular flexibility index (Phi) is 7.88. The molecule has 2 rings (SSSR count). The smallest absolute Gasteiger partial charge is 0.338 e. The third-order valence-corrected chi connectivity index (χ3v) is 4.38. The van der Waals surface area contributed by atoms with E-state index in [-0.39, 0.29) is 18.0 Å². The summed E-state index contributed by atoms with van der Waals surface area (Å²) in [5.74, 6) is 5.55. The predicted octanol–water partition coefficient (Wildman–Crippen LogP) is 4.59. The fourth-order valence-corrected chi connectivity index (χ4v) is 2.90. The van der Waals surface area contributed by atoms with E-state index in [9.17, 15) is 9.59 Å². The van der Waals surface area contributed by atoms with Gasteiger partial charge in [-0.15, -0.1) is 0 Å². The van der Waals surface area contributed by atoms with Crippen LogP contribution in [0.5, 0.6) is 0 Å². The molecule has 1 aromatic rings. The maximum absolute atomic E-state index is 11.6. The van der Waals surface area contributed by atoms with Gasteiger partial charge in [-0.3, -0.25) is 4.79 Å². The molecule has 0 spiro atoms. The Morgan fingerprint density at radius 2 is 1.96 bits per heavy atom. The van der Waals surface area contributed by atoms with E-state index >= 15 is 0 Å². The largest absolute Gasteiger partial charge is 0.462 e. The van der Waals surface area contributed by atoms with E-state index < -0.39 is 0 Å². The van der Waals surface area contributed by atoms with Gasteiger partial charge in [0.25, 0.3) is 0 Å². The standard InChI is InChI=1S/C23H26O4/c1-4-22(24)27-21-12-8-9-17(3)20(21)11-7-6-10-18-13-15-19(16-14-18)23(25)26-5-2/h7,11,13-16,21H,4-5,8-9,12H2,1-3H3/b11-7+. The highest BCUT2D eigenvalue weighted by Crippen LogP contribution is 2.28. The van der Waals surface area contributed by atoms with Crippen molar-refractivity contribution in [2.45, 2.75) is 52.6 Å². The lowest BCUT2D eigenvalue weighted by Crippen LogP contribution is -2.23. The van der Waals surface area contributed by atoms with Crippen molar-refractivity contribution >= 4 is 11.9 Å². The number of hydrogen-bond acceptors (Lipinski definition) is 4. The lowest BCUT2D eigenvalue weighted by Gasteiger charge is -2.25. The van der Waals surface area contributed by atoms with Crippen molar-refractivity contribution in [3.63, 3.8) is 0 Å². The van der Waals surface area contributed by atoms with Crippen LogP contribution in [0.1, 0.15) is 62.4 Å². The maximum atomic E-state index is 11.6. The van der Waals surface area contributed by atoms with E-state index in [1.807, 2.05) is 6.08 Å². The van der Waals surface area contributed by atoms with Gasteiger partial charge >= 0.3 is 11.9 Å². The van der Waals surface area contributed by atoms with Crippen LogP contribution in [0.3, 0.4) is 0 Å². The molecule has 0 aromatic heterocycles. The van der Waals surface area contributed by atoms with Gasteiger partial charge in [0.05, 0.1) is 12.2 Å². The molecule has 0 saturated carbocycles. The van der Waals surface area contributed by atoms with Gasteiger partial charge in [0.15, 0.2) is 0 Å². The lowest BCUT2D eigenvalue weighted by molar-refractivity contribution is -0.147. The molecule has 1 aromatic carbocycles. The second-order valence-electron chi connectivity index (χ2n) is 6.36. The van der Waals surface area contributed by atoms with Crippen LogP contribution in [-0.4, -0.2) is 24.6 Å². The van der Waals surface area contributed by atoms with Crippen LogP contribution < -0.4 is 0 Å². The summed E-state index contributed by atoms with van der Waals surface area (Å²) in [6, 6.07) is 7.01. The van der Waals surface area contributed by atoms with Crippen LogP contribution in [0, 0.1) is 11.8 Å².